The van der Waals surface area contributed by atoms with Crippen molar-refractivity contribution in [3.63, 3.8) is 0 Å². The molecule has 338 valence electrons. The molecule has 1 atom stereocenters. The lowest BCUT2D eigenvalue weighted by atomic mass is 10.0. The van der Waals surface area contributed by atoms with Crippen LogP contribution in [0, 0.1) is 0 Å². The average Bonchev–Trinajstić information content (AvgIpc) is 3.23. The SMILES string of the molecule is [B]CC(=O)NCCCCC(NC(=O)COCCOCCNC(=O)COCCOCCNC(=O)CCCCCCCCCCCCCCOc1ccc(C(=O)O)cc1)C(=O)O. The van der Waals surface area contributed by atoms with Gasteiger partial charge in [0.1, 0.15) is 25.0 Å². The third-order valence-corrected chi connectivity index (χ3v) is 9.08. The van der Waals surface area contributed by atoms with E-state index < -0.39 is 23.9 Å². The molecule has 0 aliphatic heterocycles. The van der Waals surface area contributed by atoms with Crippen LogP contribution in [0.3, 0.4) is 0 Å². The van der Waals surface area contributed by atoms with E-state index in [9.17, 15) is 33.9 Å². The summed E-state index contributed by atoms with van der Waals surface area (Å²) in [6.07, 6.45) is 15.5. The van der Waals surface area contributed by atoms with Crippen LogP contribution in [0.15, 0.2) is 24.3 Å². The first-order chi connectivity index (χ1) is 29.1. The van der Waals surface area contributed by atoms with Crippen LogP contribution in [0.5, 0.6) is 5.75 Å². The van der Waals surface area contributed by atoms with Crippen LogP contribution >= 0.6 is 0 Å². The second kappa shape index (κ2) is 37.7. The summed E-state index contributed by atoms with van der Waals surface area (Å²) in [5.74, 6) is -2.52. The van der Waals surface area contributed by atoms with Gasteiger partial charge in [-0.1, -0.05) is 64.2 Å². The number of aliphatic carboxylic acids is 1. The highest BCUT2D eigenvalue weighted by Crippen LogP contribution is 2.15. The highest BCUT2D eigenvalue weighted by Gasteiger charge is 2.19. The average molecular weight is 849 g/mol. The first-order valence-electron chi connectivity index (χ1n) is 21.4. The van der Waals surface area contributed by atoms with E-state index in [0.29, 0.717) is 57.9 Å². The molecule has 0 aliphatic rings. The molecule has 0 aliphatic carbocycles. The summed E-state index contributed by atoms with van der Waals surface area (Å²) in [5, 5.41) is 28.8. The molecular weight excluding hydrogens is 779 g/mol. The minimum absolute atomic E-state index is 0.0228. The van der Waals surface area contributed by atoms with Crippen molar-refractivity contribution in [1.29, 1.82) is 0 Å². The second-order valence-corrected chi connectivity index (χ2v) is 14.2. The molecule has 0 saturated heterocycles. The number of amides is 4. The van der Waals surface area contributed by atoms with Gasteiger partial charge in [-0.15, -0.1) is 0 Å². The maximum Gasteiger partial charge on any atom is 0.335 e. The maximum absolute atomic E-state index is 12.1. The Labute approximate surface area is 356 Å². The van der Waals surface area contributed by atoms with Crippen LogP contribution in [0.2, 0.25) is 6.32 Å². The number of hydrogen-bond acceptors (Lipinski definition) is 11. The van der Waals surface area contributed by atoms with Gasteiger partial charge in [0.2, 0.25) is 23.6 Å². The lowest BCUT2D eigenvalue weighted by Gasteiger charge is -2.14. The molecule has 1 rings (SSSR count). The molecule has 6 N–H and O–H groups in total. The molecule has 1 aromatic rings. The molecule has 0 spiro atoms. The zero-order chi connectivity index (χ0) is 43.9. The molecule has 0 bridgehead atoms. The summed E-state index contributed by atoms with van der Waals surface area (Å²) in [6.45, 7) is 2.64. The third-order valence-electron chi connectivity index (χ3n) is 9.08. The van der Waals surface area contributed by atoms with Gasteiger partial charge < -0.3 is 55.2 Å². The number of hydrogen-bond donors (Lipinski definition) is 6. The summed E-state index contributed by atoms with van der Waals surface area (Å²) >= 11 is 0. The summed E-state index contributed by atoms with van der Waals surface area (Å²) in [5.41, 5.74) is 0.260. The van der Waals surface area contributed by atoms with Gasteiger partial charge in [0, 0.05) is 26.1 Å². The quantitative estimate of drug-likeness (QED) is 0.0409. The lowest BCUT2D eigenvalue weighted by molar-refractivity contribution is -0.142. The first-order valence-corrected chi connectivity index (χ1v) is 21.4. The van der Waals surface area contributed by atoms with Crippen molar-refractivity contribution in [2.24, 2.45) is 0 Å². The monoisotopic (exact) mass is 848 g/mol. The van der Waals surface area contributed by atoms with E-state index in [4.69, 9.17) is 36.6 Å². The minimum atomic E-state index is -1.15. The molecular formula is C42H69BN4O13. The van der Waals surface area contributed by atoms with Gasteiger partial charge in [0.25, 0.3) is 0 Å². The van der Waals surface area contributed by atoms with Crippen molar-refractivity contribution in [2.75, 3.05) is 79.1 Å². The fraction of sp³-hybridized carbons (Fsp3) is 0.714. The molecule has 60 heavy (non-hydrogen) atoms. The Balaban J connectivity index is 1.81. The highest BCUT2D eigenvalue weighted by atomic mass is 16.5. The predicted molar refractivity (Wildman–Crippen MR) is 225 cm³/mol. The molecule has 4 amide bonds. The first kappa shape index (κ1) is 53.8. The second-order valence-electron chi connectivity index (χ2n) is 14.2. The van der Waals surface area contributed by atoms with E-state index in [2.05, 4.69) is 21.3 Å². The molecule has 1 unspecified atom stereocenters. The molecule has 0 saturated carbocycles. The van der Waals surface area contributed by atoms with Crippen LogP contribution in [0.25, 0.3) is 0 Å². The zero-order valence-electron chi connectivity index (χ0n) is 35.4. The van der Waals surface area contributed by atoms with Gasteiger partial charge >= 0.3 is 11.9 Å². The number of carbonyl (C=O) groups excluding carboxylic acids is 4. The fourth-order valence-electron chi connectivity index (χ4n) is 5.74. The van der Waals surface area contributed by atoms with Gasteiger partial charge in [-0.25, -0.2) is 9.59 Å². The number of unbranched alkanes of at least 4 members (excludes halogenated alkanes) is 12. The largest absolute Gasteiger partial charge is 0.494 e. The van der Waals surface area contributed by atoms with Crippen molar-refractivity contribution < 1.29 is 62.7 Å². The Bertz CT molecular complexity index is 1320. The minimum Gasteiger partial charge on any atom is -0.494 e. The summed E-state index contributed by atoms with van der Waals surface area (Å²) in [7, 11) is 5.20. The molecule has 0 aromatic heterocycles. The number of nitrogens with one attached hydrogen (secondary N) is 4. The number of rotatable bonds is 41. The Morgan fingerprint density at radius 2 is 1.02 bits per heavy atom. The third kappa shape index (κ3) is 32.6. The molecule has 2 radical (unpaired) electrons. The standard InChI is InChI=1S/C42H69BN4O13/c43-31-38(49)44-21-13-12-15-36(42(54)55)47-40(51)33-59-30-28-57-26-23-46-39(50)32-58-29-27-56-25-22-45-37(48)16-11-9-7-5-3-1-2-4-6-8-10-14-24-60-35-19-17-34(18-20-35)41(52)53/h17-20,36H,1-16,21-33H2,(H,44,49)(H,45,48)(H,46,50)(H,47,51)(H,52,53)(H,54,55). The Morgan fingerprint density at radius 1 is 0.517 bits per heavy atom. The number of carbonyl (C=O) groups is 6. The van der Waals surface area contributed by atoms with E-state index >= 15 is 0 Å². The number of carboxylic acids is 2. The van der Waals surface area contributed by atoms with Gasteiger partial charge in [-0.05, 0) is 62.7 Å². The summed E-state index contributed by atoms with van der Waals surface area (Å²) in [6, 6.07) is 5.44. The van der Waals surface area contributed by atoms with Crippen LogP contribution in [-0.4, -0.2) is 139 Å². The summed E-state index contributed by atoms with van der Waals surface area (Å²) < 4.78 is 27.0. The summed E-state index contributed by atoms with van der Waals surface area (Å²) in [4.78, 5) is 69.4. The molecule has 18 heteroatoms. The zero-order valence-corrected chi connectivity index (χ0v) is 35.4. The molecule has 0 heterocycles. The van der Waals surface area contributed by atoms with Crippen LogP contribution in [-0.2, 0) is 42.9 Å². The normalized spacial score (nSPS) is 11.4. The van der Waals surface area contributed by atoms with Gasteiger partial charge in [0.15, 0.2) is 0 Å². The van der Waals surface area contributed by atoms with E-state index in [0.717, 1.165) is 32.1 Å². The smallest absolute Gasteiger partial charge is 0.335 e. The lowest BCUT2D eigenvalue weighted by Crippen LogP contribution is -2.42. The molecule has 17 nitrogen and oxygen atoms in total. The van der Waals surface area contributed by atoms with Crippen LogP contribution in [0.4, 0.5) is 0 Å². The van der Waals surface area contributed by atoms with E-state index in [1.165, 1.54) is 44.9 Å². The number of carboxylic acid groups (broad SMARTS) is 2. The molecule has 0 fully saturated rings. The fourth-order valence-corrected chi connectivity index (χ4v) is 5.74. The van der Waals surface area contributed by atoms with Gasteiger partial charge in [0.05, 0.1) is 59.7 Å². The number of ether oxygens (including phenoxy) is 5. The van der Waals surface area contributed by atoms with E-state index in [-0.39, 0.29) is 82.2 Å². The highest BCUT2D eigenvalue weighted by molar-refractivity contribution is 6.19. The topological polar surface area (TPSA) is 237 Å². The van der Waals surface area contributed by atoms with Crippen molar-refractivity contribution >= 4 is 43.4 Å². The Hall–Kier alpha value is -4.26. The van der Waals surface area contributed by atoms with E-state index in [1.54, 1.807) is 24.3 Å². The van der Waals surface area contributed by atoms with E-state index in [1.807, 2.05) is 0 Å². The van der Waals surface area contributed by atoms with Crippen molar-refractivity contribution in [2.45, 2.75) is 115 Å². The molecule has 1 aromatic carbocycles. The van der Waals surface area contributed by atoms with Crippen LogP contribution in [0.1, 0.15) is 113 Å². The number of aromatic carboxylic acids is 1. The Kier molecular flexibility index (Phi) is 33.8. The van der Waals surface area contributed by atoms with Gasteiger partial charge in [-0.2, -0.15) is 0 Å². The predicted octanol–water partition coefficient (Wildman–Crippen LogP) is 3.58. The van der Waals surface area contributed by atoms with Crippen LogP contribution < -0.4 is 26.0 Å². The van der Waals surface area contributed by atoms with Gasteiger partial charge in [-0.3, -0.25) is 19.2 Å². The maximum atomic E-state index is 12.1. The van der Waals surface area contributed by atoms with Crippen molar-refractivity contribution in [3.05, 3.63) is 29.8 Å². The van der Waals surface area contributed by atoms with Crippen molar-refractivity contribution in [3.8, 4) is 5.75 Å². The Morgan fingerprint density at radius 3 is 1.57 bits per heavy atom. The number of benzene rings is 1. The van der Waals surface area contributed by atoms with Crippen molar-refractivity contribution in [1.82, 2.24) is 21.3 Å².